The Morgan fingerprint density at radius 2 is 1.83 bits per heavy atom. The van der Waals surface area contributed by atoms with Gasteiger partial charge in [0.1, 0.15) is 11.3 Å². The van der Waals surface area contributed by atoms with Gasteiger partial charge >= 0.3 is 0 Å². The highest BCUT2D eigenvalue weighted by atomic mass is 35.5. The van der Waals surface area contributed by atoms with Gasteiger partial charge in [-0.3, -0.25) is 9.36 Å². The zero-order valence-electron chi connectivity index (χ0n) is 19.4. The van der Waals surface area contributed by atoms with Crippen molar-refractivity contribution in [1.29, 1.82) is 0 Å². The molecule has 190 valence electrons. The van der Waals surface area contributed by atoms with E-state index in [1.54, 1.807) is 6.20 Å². The molecule has 3 heterocycles. The number of nitrogens with zero attached hydrogens (tertiary/aromatic N) is 4. The average Bonchev–Trinajstić information content (AvgIpc) is 3.14. The fourth-order valence-corrected chi connectivity index (χ4v) is 6.24. The number of imidazole rings is 1. The number of nitrogens with one attached hydrogen (secondary N) is 2. The molecule has 1 spiro atoms. The van der Waals surface area contributed by atoms with E-state index in [0.717, 1.165) is 38.9 Å². The number of rotatable bonds is 6. The number of carbonyl (C=O) groups is 1. The third-order valence-electron chi connectivity index (χ3n) is 7.65. The minimum Gasteiger partial charge on any atom is -0.380 e. The van der Waals surface area contributed by atoms with Gasteiger partial charge in [0.2, 0.25) is 17.8 Å². The average molecular weight is 534 g/mol. The lowest BCUT2D eigenvalue weighted by atomic mass is 9.64. The van der Waals surface area contributed by atoms with Crippen LogP contribution in [0.15, 0.2) is 18.3 Å². The van der Waals surface area contributed by atoms with Gasteiger partial charge in [-0.25, -0.2) is 14.4 Å². The standard InChI is InChI=1S/C24H26Cl2FN7O2/c25-16-5-13(27)6-17(26)19(16)32-23-31-18-9-29-22(30-14-7-24(8-14)10-36-11-24)33-21(18)34(23)15-3-1-12(2-4-15)20(28)35/h5-6,9,12,14-15H,1-4,7-8,10-11H2,(H2,28,35)(H,31,32)(H,29,30,33)/t12-,15+. The van der Waals surface area contributed by atoms with E-state index in [2.05, 4.69) is 15.6 Å². The van der Waals surface area contributed by atoms with Gasteiger partial charge in [-0.05, 0) is 50.7 Å². The molecule has 12 heteroatoms. The Balaban J connectivity index is 1.33. The van der Waals surface area contributed by atoms with Crippen LogP contribution in [0.1, 0.15) is 44.6 Å². The van der Waals surface area contributed by atoms with Crippen LogP contribution >= 0.6 is 23.2 Å². The van der Waals surface area contributed by atoms with Gasteiger partial charge in [0.25, 0.3) is 0 Å². The van der Waals surface area contributed by atoms with E-state index in [-0.39, 0.29) is 27.9 Å². The topological polar surface area (TPSA) is 120 Å². The highest BCUT2D eigenvalue weighted by Gasteiger charge is 2.50. The van der Waals surface area contributed by atoms with Crippen LogP contribution in [0, 0.1) is 17.2 Å². The molecule has 2 saturated carbocycles. The van der Waals surface area contributed by atoms with E-state index in [1.165, 1.54) is 12.1 Å². The predicted molar refractivity (Wildman–Crippen MR) is 135 cm³/mol. The fourth-order valence-electron chi connectivity index (χ4n) is 5.68. The van der Waals surface area contributed by atoms with Crippen LogP contribution in [0.4, 0.5) is 22.0 Å². The molecular formula is C24H26Cl2FN7O2. The Morgan fingerprint density at radius 3 is 2.44 bits per heavy atom. The van der Waals surface area contributed by atoms with Gasteiger partial charge in [0, 0.05) is 23.4 Å². The van der Waals surface area contributed by atoms with E-state index < -0.39 is 5.82 Å². The summed E-state index contributed by atoms with van der Waals surface area (Å²) in [7, 11) is 0. The molecule has 0 atom stereocenters. The van der Waals surface area contributed by atoms with Crippen LogP contribution in [-0.4, -0.2) is 44.7 Å². The number of fused-ring (bicyclic) bond motifs is 1. The molecule has 0 unspecified atom stereocenters. The van der Waals surface area contributed by atoms with Crippen molar-refractivity contribution in [2.75, 3.05) is 23.8 Å². The molecule has 1 aliphatic heterocycles. The molecule has 6 rings (SSSR count). The van der Waals surface area contributed by atoms with Crippen LogP contribution in [0.25, 0.3) is 11.2 Å². The third-order valence-corrected chi connectivity index (χ3v) is 8.25. The summed E-state index contributed by atoms with van der Waals surface area (Å²) >= 11 is 12.6. The van der Waals surface area contributed by atoms with E-state index in [1.807, 2.05) is 4.57 Å². The van der Waals surface area contributed by atoms with Crippen LogP contribution in [-0.2, 0) is 9.53 Å². The van der Waals surface area contributed by atoms with Crippen molar-refractivity contribution in [1.82, 2.24) is 19.5 Å². The van der Waals surface area contributed by atoms with Gasteiger partial charge < -0.3 is 21.1 Å². The number of primary amides is 1. The zero-order chi connectivity index (χ0) is 25.0. The zero-order valence-corrected chi connectivity index (χ0v) is 20.9. The molecule has 3 fully saturated rings. The Labute approximate surface area is 216 Å². The third kappa shape index (κ3) is 4.25. The molecule has 1 aromatic carbocycles. The van der Waals surface area contributed by atoms with E-state index in [9.17, 15) is 9.18 Å². The van der Waals surface area contributed by atoms with Gasteiger partial charge in [-0.1, -0.05) is 23.2 Å². The van der Waals surface area contributed by atoms with Crippen LogP contribution in [0.3, 0.4) is 0 Å². The number of halogens is 3. The van der Waals surface area contributed by atoms with Gasteiger partial charge in [-0.2, -0.15) is 4.98 Å². The van der Waals surface area contributed by atoms with Crippen molar-refractivity contribution in [2.45, 2.75) is 50.6 Å². The van der Waals surface area contributed by atoms with Crippen LogP contribution < -0.4 is 16.4 Å². The first-order chi connectivity index (χ1) is 17.3. The number of hydrogen-bond donors (Lipinski definition) is 3. The number of ether oxygens (including phenoxy) is 1. The molecule has 2 aliphatic carbocycles. The first-order valence-electron chi connectivity index (χ1n) is 12.1. The molecular weight excluding hydrogens is 508 g/mol. The molecule has 2 aromatic heterocycles. The Hall–Kier alpha value is -2.69. The smallest absolute Gasteiger partial charge is 0.224 e. The first kappa shape index (κ1) is 23.7. The van der Waals surface area contributed by atoms with E-state index in [0.29, 0.717) is 53.0 Å². The molecule has 0 radical (unpaired) electrons. The SMILES string of the molecule is NC(=O)[C@H]1CC[C@@H](n2c(Nc3c(Cl)cc(F)cc3Cl)nc3cnc(NC4CC5(COC5)C4)nc32)CC1. The van der Waals surface area contributed by atoms with Gasteiger partial charge in [0.05, 0.1) is 35.1 Å². The lowest BCUT2D eigenvalue weighted by Crippen LogP contribution is -2.56. The maximum Gasteiger partial charge on any atom is 0.224 e. The predicted octanol–water partition coefficient (Wildman–Crippen LogP) is 4.82. The van der Waals surface area contributed by atoms with Gasteiger partial charge in [-0.15, -0.1) is 0 Å². The van der Waals surface area contributed by atoms with Crippen LogP contribution in [0.2, 0.25) is 10.0 Å². The van der Waals surface area contributed by atoms with Crippen molar-refractivity contribution in [3.8, 4) is 0 Å². The first-order valence-corrected chi connectivity index (χ1v) is 12.9. The highest BCUT2D eigenvalue weighted by Crippen LogP contribution is 2.48. The number of carbonyl (C=O) groups excluding carboxylic acids is 1. The van der Waals surface area contributed by atoms with Crippen molar-refractivity contribution in [3.05, 3.63) is 34.2 Å². The summed E-state index contributed by atoms with van der Waals surface area (Å²) in [6, 6.07) is 2.72. The number of anilines is 3. The summed E-state index contributed by atoms with van der Waals surface area (Å²) in [5, 5.41) is 6.92. The Kier molecular flexibility index (Phi) is 5.93. The number of nitrogens with two attached hydrogens (primary N) is 1. The second-order valence-corrected chi connectivity index (χ2v) is 11.0. The normalized spacial score (nSPS) is 23.3. The van der Waals surface area contributed by atoms with Gasteiger partial charge in [0.15, 0.2) is 5.65 Å². The largest absolute Gasteiger partial charge is 0.380 e. The monoisotopic (exact) mass is 533 g/mol. The van der Waals surface area contributed by atoms with Crippen molar-refractivity contribution in [3.63, 3.8) is 0 Å². The number of benzene rings is 1. The maximum absolute atomic E-state index is 13.8. The lowest BCUT2D eigenvalue weighted by molar-refractivity contribution is -0.160. The summed E-state index contributed by atoms with van der Waals surface area (Å²) in [5.74, 6) is 0.0852. The minimum atomic E-state index is -0.526. The highest BCUT2D eigenvalue weighted by molar-refractivity contribution is 6.39. The molecule has 9 nitrogen and oxygen atoms in total. The maximum atomic E-state index is 13.8. The Morgan fingerprint density at radius 1 is 1.14 bits per heavy atom. The molecule has 36 heavy (non-hydrogen) atoms. The molecule has 3 aromatic rings. The lowest BCUT2D eigenvalue weighted by Gasteiger charge is -2.53. The molecule has 1 saturated heterocycles. The fraction of sp³-hybridized carbons (Fsp3) is 0.500. The molecule has 0 bridgehead atoms. The van der Waals surface area contributed by atoms with E-state index >= 15 is 0 Å². The summed E-state index contributed by atoms with van der Waals surface area (Å²) in [5.41, 5.74) is 7.50. The van der Waals surface area contributed by atoms with Crippen LogP contribution in [0.5, 0.6) is 0 Å². The summed E-state index contributed by atoms with van der Waals surface area (Å²) in [6.45, 7) is 1.66. The molecule has 1 amide bonds. The number of hydrogen-bond acceptors (Lipinski definition) is 7. The molecule has 3 aliphatic rings. The quantitative estimate of drug-likeness (QED) is 0.415. The number of amides is 1. The summed E-state index contributed by atoms with van der Waals surface area (Å²) in [6.07, 6.45) is 6.60. The second kappa shape index (κ2) is 9.00. The Bertz CT molecular complexity index is 1310. The minimum absolute atomic E-state index is 0.0212. The van der Waals surface area contributed by atoms with Crippen molar-refractivity contribution >= 4 is 57.9 Å². The summed E-state index contributed by atoms with van der Waals surface area (Å²) < 4.78 is 21.1. The molecule has 4 N–H and O–H groups in total. The summed E-state index contributed by atoms with van der Waals surface area (Å²) in [4.78, 5) is 25.8. The van der Waals surface area contributed by atoms with E-state index in [4.69, 9.17) is 43.6 Å². The van der Waals surface area contributed by atoms with Crippen molar-refractivity contribution < 1.29 is 13.9 Å². The van der Waals surface area contributed by atoms with Crippen molar-refractivity contribution in [2.24, 2.45) is 17.1 Å². The number of aromatic nitrogens is 4. The second-order valence-electron chi connectivity index (χ2n) is 10.2.